The number of hydrogen-bond donors (Lipinski definition) is 2. The Morgan fingerprint density at radius 2 is 1.60 bits per heavy atom. The van der Waals surface area contributed by atoms with Crippen molar-refractivity contribution in [1.29, 1.82) is 0 Å². The molecule has 8 nitrogen and oxygen atoms in total. The van der Waals surface area contributed by atoms with Crippen LogP contribution in [-0.4, -0.2) is 19.9 Å². The Morgan fingerprint density at radius 1 is 0.900 bits per heavy atom. The van der Waals surface area contributed by atoms with Gasteiger partial charge in [-0.3, -0.25) is 15.1 Å². The van der Waals surface area contributed by atoms with E-state index in [0.29, 0.717) is 5.69 Å². The average molecular weight is 400 g/mol. The number of nitro groups is 1. The number of rotatable bonds is 5. The number of nitrogens with zero attached hydrogens (tertiary/aromatic N) is 4. The highest BCUT2D eigenvalue weighted by atomic mass is 16.6. The largest absolute Gasteiger partial charge is 0.353 e. The van der Waals surface area contributed by atoms with Gasteiger partial charge < -0.3 is 10.6 Å². The maximum atomic E-state index is 11.9. The van der Waals surface area contributed by atoms with Crippen LogP contribution in [0.2, 0.25) is 0 Å². The molecule has 4 aromatic rings. The summed E-state index contributed by atoms with van der Waals surface area (Å²) >= 11 is 0. The van der Waals surface area contributed by atoms with Crippen molar-refractivity contribution >= 4 is 39.6 Å². The molecule has 0 aliphatic heterocycles. The van der Waals surface area contributed by atoms with Gasteiger partial charge in [-0.05, 0) is 68.3 Å². The summed E-state index contributed by atoms with van der Waals surface area (Å²) in [6.45, 7) is 5.85. The molecule has 8 heteroatoms. The predicted octanol–water partition coefficient (Wildman–Crippen LogP) is 5.35. The van der Waals surface area contributed by atoms with Crippen LogP contribution in [0.5, 0.6) is 0 Å². The topological polar surface area (TPSA) is 106 Å². The van der Waals surface area contributed by atoms with Crippen LogP contribution in [0, 0.1) is 30.9 Å². The van der Waals surface area contributed by atoms with Crippen molar-refractivity contribution < 1.29 is 4.92 Å². The van der Waals surface area contributed by atoms with Crippen molar-refractivity contribution in [1.82, 2.24) is 15.0 Å². The molecule has 2 N–H and O–H groups in total. The van der Waals surface area contributed by atoms with Crippen molar-refractivity contribution in [2.75, 3.05) is 10.6 Å². The van der Waals surface area contributed by atoms with Crippen LogP contribution < -0.4 is 10.6 Å². The van der Waals surface area contributed by atoms with E-state index in [2.05, 4.69) is 25.6 Å². The Kier molecular flexibility index (Phi) is 4.97. The zero-order valence-electron chi connectivity index (χ0n) is 16.8. The third kappa shape index (κ3) is 3.88. The second-order valence-corrected chi connectivity index (χ2v) is 7.13. The number of hydrogen-bond acceptors (Lipinski definition) is 7. The predicted molar refractivity (Wildman–Crippen MR) is 118 cm³/mol. The molecule has 0 unspecified atom stereocenters. The number of anilines is 4. The zero-order chi connectivity index (χ0) is 21.3. The van der Waals surface area contributed by atoms with Gasteiger partial charge in [0.05, 0.1) is 10.4 Å². The first-order valence-electron chi connectivity index (χ1n) is 9.39. The molecule has 0 aliphatic carbocycles. The third-order valence-corrected chi connectivity index (χ3v) is 4.61. The first-order chi connectivity index (χ1) is 14.4. The van der Waals surface area contributed by atoms with Crippen LogP contribution in [0.15, 0.2) is 54.9 Å². The van der Waals surface area contributed by atoms with Crippen molar-refractivity contribution in [3.63, 3.8) is 0 Å². The molecular weight excluding hydrogens is 380 g/mol. The first kappa shape index (κ1) is 19.3. The molecule has 0 amide bonds. The molecule has 150 valence electrons. The Bertz CT molecular complexity index is 1250. The maximum Gasteiger partial charge on any atom is 0.353 e. The minimum absolute atomic E-state index is 0.106. The lowest BCUT2D eigenvalue weighted by Gasteiger charge is -2.12. The number of aromatic nitrogens is 3. The van der Waals surface area contributed by atoms with Crippen molar-refractivity contribution in [2.24, 2.45) is 0 Å². The normalized spacial score (nSPS) is 10.8. The molecule has 0 atom stereocenters. The monoisotopic (exact) mass is 400 g/mol. The molecule has 4 rings (SSSR count). The lowest BCUT2D eigenvalue weighted by Crippen LogP contribution is -2.06. The van der Waals surface area contributed by atoms with Gasteiger partial charge in [-0.15, -0.1) is 0 Å². The lowest BCUT2D eigenvalue weighted by atomic mass is 10.1. The summed E-state index contributed by atoms with van der Waals surface area (Å²) < 4.78 is 0. The SMILES string of the molecule is Cc1cc(C)cc(Nc2ncnc(Nc3cccc4nc(C)ccc34)c2[N+](=O)[O-])c1. The Balaban J connectivity index is 1.76. The smallest absolute Gasteiger partial charge is 0.334 e. The van der Waals surface area contributed by atoms with Gasteiger partial charge in [-0.1, -0.05) is 12.1 Å². The second-order valence-electron chi connectivity index (χ2n) is 7.13. The van der Waals surface area contributed by atoms with E-state index in [0.717, 1.165) is 33.4 Å². The van der Waals surface area contributed by atoms with Crippen molar-refractivity contribution in [2.45, 2.75) is 20.8 Å². The summed E-state index contributed by atoms with van der Waals surface area (Å²) in [5.41, 5.74) is 4.97. The van der Waals surface area contributed by atoms with Crippen LogP contribution in [0.25, 0.3) is 10.9 Å². The summed E-state index contributed by atoms with van der Waals surface area (Å²) in [6, 6.07) is 15.3. The highest BCUT2D eigenvalue weighted by Gasteiger charge is 2.24. The van der Waals surface area contributed by atoms with Crippen LogP contribution in [0.4, 0.5) is 28.7 Å². The fourth-order valence-electron chi connectivity index (χ4n) is 3.41. The number of aryl methyl sites for hydroxylation is 3. The van der Waals surface area contributed by atoms with Gasteiger partial charge in [0.25, 0.3) is 0 Å². The summed E-state index contributed by atoms with van der Waals surface area (Å²) in [7, 11) is 0. The molecule has 2 aromatic carbocycles. The minimum Gasteiger partial charge on any atom is -0.334 e. The molecular formula is C22H20N6O2. The molecule has 0 spiro atoms. The van der Waals surface area contributed by atoms with Crippen molar-refractivity contribution in [3.05, 3.63) is 81.8 Å². The van der Waals surface area contributed by atoms with E-state index in [-0.39, 0.29) is 17.3 Å². The van der Waals surface area contributed by atoms with Gasteiger partial charge in [0, 0.05) is 22.5 Å². The molecule has 0 saturated carbocycles. The quantitative estimate of drug-likeness (QED) is 0.344. The fourth-order valence-corrected chi connectivity index (χ4v) is 3.41. The first-order valence-corrected chi connectivity index (χ1v) is 9.39. The average Bonchev–Trinajstić information content (AvgIpc) is 2.67. The van der Waals surface area contributed by atoms with Gasteiger partial charge in [0.2, 0.25) is 11.6 Å². The Morgan fingerprint density at radius 3 is 2.30 bits per heavy atom. The third-order valence-electron chi connectivity index (χ3n) is 4.61. The Hall–Kier alpha value is -4.07. The van der Waals surface area contributed by atoms with Crippen molar-refractivity contribution in [3.8, 4) is 0 Å². The Labute approximate surface area is 173 Å². The van der Waals surface area contributed by atoms with E-state index in [1.54, 1.807) is 0 Å². The highest BCUT2D eigenvalue weighted by Crippen LogP contribution is 2.35. The van der Waals surface area contributed by atoms with Gasteiger partial charge in [0.15, 0.2) is 0 Å². The van der Waals surface area contributed by atoms with Gasteiger partial charge in [-0.2, -0.15) is 0 Å². The molecule has 2 heterocycles. The highest BCUT2D eigenvalue weighted by molar-refractivity contribution is 5.94. The summed E-state index contributed by atoms with van der Waals surface area (Å²) in [6.07, 6.45) is 1.30. The zero-order valence-corrected chi connectivity index (χ0v) is 16.8. The number of nitrogens with one attached hydrogen (secondary N) is 2. The van der Waals surface area contributed by atoms with Gasteiger partial charge in [0.1, 0.15) is 6.33 Å². The van der Waals surface area contributed by atoms with Crippen LogP contribution in [0.1, 0.15) is 16.8 Å². The number of fused-ring (bicyclic) bond motifs is 1. The van der Waals surface area contributed by atoms with Gasteiger partial charge >= 0.3 is 5.69 Å². The molecule has 0 bridgehead atoms. The van der Waals surface area contributed by atoms with Crippen LogP contribution >= 0.6 is 0 Å². The minimum atomic E-state index is -0.485. The summed E-state index contributed by atoms with van der Waals surface area (Å²) in [4.78, 5) is 24.2. The van der Waals surface area contributed by atoms with E-state index < -0.39 is 4.92 Å². The van der Waals surface area contributed by atoms with E-state index in [4.69, 9.17) is 0 Å². The second kappa shape index (κ2) is 7.75. The lowest BCUT2D eigenvalue weighted by molar-refractivity contribution is -0.383. The van der Waals surface area contributed by atoms with Gasteiger partial charge in [-0.25, -0.2) is 9.97 Å². The number of benzene rings is 2. The van der Waals surface area contributed by atoms with E-state index >= 15 is 0 Å². The standard InChI is InChI=1S/C22H20N6O2/c1-13-9-14(2)11-16(10-13)26-21-20(28(29)30)22(24-12-23-21)27-19-6-4-5-18-17(19)8-7-15(3)25-18/h4-12H,1-3H3,(H2,23,24,26,27). The molecule has 2 aromatic heterocycles. The number of pyridine rings is 1. The van der Waals surface area contributed by atoms with Crippen LogP contribution in [-0.2, 0) is 0 Å². The maximum absolute atomic E-state index is 11.9. The van der Waals surface area contributed by atoms with E-state index in [9.17, 15) is 10.1 Å². The molecule has 0 fully saturated rings. The molecule has 0 saturated heterocycles. The summed E-state index contributed by atoms with van der Waals surface area (Å²) in [5, 5.41) is 18.9. The fraction of sp³-hybridized carbons (Fsp3) is 0.136. The molecule has 30 heavy (non-hydrogen) atoms. The van der Waals surface area contributed by atoms with Crippen LogP contribution in [0.3, 0.4) is 0 Å². The molecule has 0 aliphatic rings. The summed E-state index contributed by atoms with van der Waals surface area (Å²) in [5.74, 6) is 0.228. The molecule has 0 radical (unpaired) electrons. The van der Waals surface area contributed by atoms with E-state index in [1.807, 2.05) is 69.3 Å². The van der Waals surface area contributed by atoms with E-state index in [1.165, 1.54) is 6.33 Å².